The predicted octanol–water partition coefficient (Wildman–Crippen LogP) is 10.7. The van der Waals surface area contributed by atoms with Crippen molar-refractivity contribution in [1.29, 1.82) is 0 Å². The monoisotopic (exact) mass is 755 g/mol. The first-order valence-corrected chi connectivity index (χ1v) is 22.0. The van der Waals surface area contributed by atoms with Crippen molar-refractivity contribution in [2.45, 2.75) is 0 Å². The number of aromatic nitrogens is 3. The average Bonchev–Trinajstić information content (AvgIpc) is 3.83. The summed E-state index contributed by atoms with van der Waals surface area (Å²) in [5.74, 6) is 0. The molecule has 0 spiro atoms. The third-order valence-corrected chi connectivity index (χ3v) is 17.2. The molecule has 9 aromatic carbocycles. The lowest BCUT2D eigenvalue weighted by atomic mass is 10.1. The Hall–Kier alpha value is -7.40. The van der Waals surface area contributed by atoms with E-state index in [4.69, 9.17) is 0 Å². The molecule has 0 saturated carbocycles. The largest absolute Gasteiger partial charge is 0.306 e. The lowest BCUT2D eigenvalue weighted by molar-refractivity contribution is 1.16. The Labute approximate surface area is 336 Å². The molecular formula is C54H37N3Si. The van der Waals surface area contributed by atoms with Crippen LogP contribution >= 0.6 is 0 Å². The molecule has 0 aliphatic carbocycles. The SMILES string of the molecule is c1ccc([Si](c2ccccc2)(c2ccccc2)c2ccc(-n3c4ccccc4n4c5ccccc5c5ccc6c7ccccc7n(c7ccccc73)c6c54)cc2)cc1. The minimum absolute atomic E-state index is 1.10. The molecule has 0 unspecified atom stereocenters. The van der Waals surface area contributed by atoms with Gasteiger partial charge in [0.25, 0.3) is 0 Å². The third-order valence-electron chi connectivity index (χ3n) is 12.4. The van der Waals surface area contributed by atoms with Gasteiger partial charge in [0.2, 0.25) is 0 Å². The highest BCUT2D eigenvalue weighted by atomic mass is 28.3. The number of nitrogens with zero attached hydrogens (tertiary/aromatic N) is 3. The fourth-order valence-electron chi connectivity index (χ4n) is 10.0. The van der Waals surface area contributed by atoms with Gasteiger partial charge in [0, 0.05) is 27.2 Å². The van der Waals surface area contributed by atoms with Crippen molar-refractivity contribution in [3.05, 3.63) is 224 Å². The molecule has 0 amide bonds. The summed E-state index contributed by atoms with van der Waals surface area (Å²) in [5, 5.41) is 10.4. The number of rotatable bonds is 5. The van der Waals surface area contributed by atoms with Gasteiger partial charge in [-0.15, -0.1) is 0 Å². The Balaban J connectivity index is 1.26. The van der Waals surface area contributed by atoms with Crippen LogP contribution in [-0.2, 0) is 0 Å². The van der Waals surface area contributed by atoms with Gasteiger partial charge in [0.15, 0.2) is 8.07 Å². The molecule has 272 valence electrons. The van der Waals surface area contributed by atoms with Crippen molar-refractivity contribution in [2.24, 2.45) is 0 Å². The molecule has 0 radical (unpaired) electrons. The van der Waals surface area contributed by atoms with Crippen LogP contribution in [0.4, 0.5) is 0 Å². The smallest absolute Gasteiger partial charge is 0.179 e. The number of hydrogen-bond acceptors (Lipinski definition) is 0. The van der Waals surface area contributed by atoms with Gasteiger partial charge in [-0.25, -0.2) is 0 Å². The van der Waals surface area contributed by atoms with Crippen molar-refractivity contribution in [2.75, 3.05) is 0 Å². The van der Waals surface area contributed by atoms with E-state index in [1.54, 1.807) is 0 Å². The number of para-hydroxylation sites is 6. The van der Waals surface area contributed by atoms with Crippen LogP contribution in [0.1, 0.15) is 0 Å². The van der Waals surface area contributed by atoms with Crippen LogP contribution in [0.2, 0.25) is 0 Å². The molecule has 0 bridgehead atoms. The quantitative estimate of drug-likeness (QED) is 0.123. The van der Waals surface area contributed by atoms with Crippen LogP contribution in [0, 0.1) is 0 Å². The van der Waals surface area contributed by atoms with Crippen molar-refractivity contribution in [3.8, 4) is 5.69 Å². The molecule has 12 rings (SSSR count). The minimum Gasteiger partial charge on any atom is -0.306 e. The topological polar surface area (TPSA) is 13.8 Å². The molecule has 0 saturated heterocycles. The van der Waals surface area contributed by atoms with Crippen LogP contribution in [0.5, 0.6) is 0 Å². The fourth-order valence-corrected chi connectivity index (χ4v) is 14.8. The summed E-state index contributed by atoms with van der Waals surface area (Å²) in [6.07, 6.45) is 0. The fraction of sp³-hybridized carbons (Fsp3) is 0. The summed E-state index contributed by atoms with van der Waals surface area (Å²) >= 11 is 0. The van der Waals surface area contributed by atoms with E-state index in [9.17, 15) is 0 Å². The molecule has 3 aromatic heterocycles. The van der Waals surface area contributed by atoms with E-state index in [0.717, 1.165) is 27.8 Å². The second-order valence-electron chi connectivity index (χ2n) is 15.3. The van der Waals surface area contributed by atoms with E-state index >= 15 is 0 Å². The molecule has 58 heavy (non-hydrogen) atoms. The van der Waals surface area contributed by atoms with E-state index in [0.29, 0.717) is 0 Å². The van der Waals surface area contributed by atoms with Gasteiger partial charge in [-0.3, -0.25) is 0 Å². The molecule has 0 atom stereocenters. The summed E-state index contributed by atoms with van der Waals surface area (Å²) in [6.45, 7) is 0. The zero-order valence-electron chi connectivity index (χ0n) is 31.7. The van der Waals surface area contributed by atoms with Gasteiger partial charge < -0.3 is 13.4 Å². The normalized spacial score (nSPS) is 12.1. The highest BCUT2D eigenvalue weighted by Crippen LogP contribution is 2.40. The summed E-state index contributed by atoms with van der Waals surface area (Å²) in [7, 11) is -2.72. The molecule has 3 heterocycles. The summed E-state index contributed by atoms with van der Waals surface area (Å²) < 4.78 is 7.52. The standard InChI is InChI=1S/C54H37N3Si/c1-4-18-39(19-5-1)58(40-20-6-2-7-21-40,41-22-8-3-9-23-41)42-34-32-38(33-35-42)55-49-28-14-16-30-51(49)56-47-26-12-10-24-43(47)45-36-37-46-44-25-11-13-27-48(44)57(54(46)53(45)56)52-31-17-15-29-50(52)55/h1-37H. The van der Waals surface area contributed by atoms with E-state index < -0.39 is 8.07 Å². The van der Waals surface area contributed by atoms with E-state index in [2.05, 4.69) is 238 Å². The molecule has 12 aromatic rings. The van der Waals surface area contributed by atoms with E-state index in [1.807, 2.05) is 0 Å². The lowest BCUT2D eigenvalue weighted by Crippen LogP contribution is -2.74. The van der Waals surface area contributed by atoms with Crippen LogP contribution in [0.3, 0.4) is 0 Å². The van der Waals surface area contributed by atoms with Gasteiger partial charge in [0.05, 0.1) is 44.1 Å². The third kappa shape index (κ3) is 4.55. The molecule has 0 aliphatic heterocycles. The summed E-state index contributed by atoms with van der Waals surface area (Å²) in [6, 6.07) is 83.3. The second kappa shape index (κ2) is 12.8. The van der Waals surface area contributed by atoms with Crippen LogP contribution in [-0.4, -0.2) is 21.4 Å². The minimum atomic E-state index is -2.72. The van der Waals surface area contributed by atoms with Crippen molar-refractivity contribution in [3.63, 3.8) is 0 Å². The van der Waals surface area contributed by atoms with E-state index in [-0.39, 0.29) is 0 Å². The van der Waals surface area contributed by atoms with Crippen LogP contribution in [0.15, 0.2) is 224 Å². The molecule has 0 fully saturated rings. The summed E-state index contributed by atoms with van der Waals surface area (Å²) in [5.41, 5.74) is 10.5. The Morgan fingerprint density at radius 3 is 0.983 bits per heavy atom. The Morgan fingerprint density at radius 1 is 0.241 bits per heavy atom. The van der Waals surface area contributed by atoms with Crippen LogP contribution in [0.25, 0.3) is 71.4 Å². The number of fused-ring (bicyclic) bond motifs is 10. The van der Waals surface area contributed by atoms with Crippen LogP contribution < -0.4 is 20.7 Å². The van der Waals surface area contributed by atoms with Gasteiger partial charge in [-0.05, 0) is 69.3 Å². The maximum Gasteiger partial charge on any atom is 0.179 e. The molecule has 0 N–H and O–H groups in total. The van der Waals surface area contributed by atoms with Gasteiger partial charge in [0.1, 0.15) is 0 Å². The van der Waals surface area contributed by atoms with Gasteiger partial charge in [-0.2, -0.15) is 0 Å². The average molecular weight is 756 g/mol. The zero-order chi connectivity index (χ0) is 38.2. The number of hydrogen-bond donors (Lipinski definition) is 0. The first kappa shape index (κ1) is 32.8. The predicted molar refractivity (Wildman–Crippen MR) is 248 cm³/mol. The lowest BCUT2D eigenvalue weighted by Gasteiger charge is -2.34. The Bertz CT molecular complexity index is 3290. The van der Waals surface area contributed by atoms with Gasteiger partial charge in [-0.1, -0.05) is 176 Å². The number of benzene rings is 9. The van der Waals surface area contributed by atoms with Gasteiger partial charge >= 0.3 is 0 Å². The molecule has 4 heteroatoms. The molecular weight excluding hydrogens is 719 g/mol. The van der Waals surface area contributed by atoms with E-state index in [1.165, 1.54) is 64.4 Å². The first-order valence-electron chi connectivity index (χ1n) is 20.0. The molecule has 3 nitrogen and oxygen atoms in total. The maximum absolute atomic E-state index is 2.72. The highest BCUT2D eigenvalue weighted by Gasteiger charge is 2.41. The van der Waals surface area contributed by atoms with Crippen molar-refractivity contribution < 1.29 is 0 Å². The highest BCUT2D eigenvalue weighted by molar-refractivity contribution is 7.19. The Kier molecular flexibility index (Phi) is 7.25. The Morgan fingerprint density at radius 2 is 0.569 bits per heavy atom. The summed E-state index contributed by atoms with van der Waals surface area (Å²) in [4.78, 5) is 0. The second-order valence-corrected chi connectivity index (χ2v) is 19.1. The van der Waals surface area contributed by atoms with Crippen molar-refractivity contribution >= 4 is 94.5 Å². The van der Waals surface area contributed by atoms with Crippen molar-refractivity contribution in [1.82, 2.24) is 13.4 Å². The zero-order valence-corrected chi connectivity index (χ0v) is 32.7. The maximum atomic E-state index is 2.52. The first-order chi connectivity index (χ1) is 28.8. The molecule has 0 aliphatic rings.